The van der Waals surface area contributed by atoms with Gasteiger partial charge in [-0.2, -0.15) is 0 Å². The fraction of sp³-hybridized carbons (Fsp3) is 0.333. The van der Waals surface area contributed by atoms with Crippen molar-refractivity contribution in [2.75, 3.05) is 12.4 Å². The maximum Gasteiger partial charge on any atom is 0.187 e. The maximum absolute atomic E-state index is 13.4. The molecule has 1 fully saturated rings. The van der Waals surface area contributed by atoms with Crippen LogP contribution in [0.5, 0.6) is 0 Å². The first-order valence-corrected chi connectivity index (χ1v) is 14.1. The predicted octanol–water partition coefficient (Wildman–Crippen LogP) is 5.09. The van der Waals surface area contributed by atoms with Crippen LogP contribution in [0.25, 0.3) is 0 Å². The molecule has 4 rings (SSSR count). The van der Waals surface area contributed by atoms with Gasteiger partial charge in [-0.1, -0.05) is 103 Å². The highest BCUT2D eigenvalue weighted by molar-refractivity contribution is 7.92. The van der Waals surface area contributed by atoms with Crippen LogP contribution in [-0.4, -0.2) is 44.5 Å². The lowest BCUT2D eigenvalue weighted by Crippen LogP contribution is -2.58. The second-order valence-electron chi connectivity index (χ2n) is 9.32. The Kier molecular flexibility index (Phi) is 9.66. The molecule has 0 N–H and O–H groups in total. The van der Waals surface area contributed by atoms with E-state index in [1.807, 2.05) is 91.0 Å². The van der Waals surface area contributed by atoms with Gasteiger partial charge in [-0.15, -0.1) is 0 Å². The van der Waals surface area contributed by atoms with Crippen molar-refractivity contribution in [2.24, 2.45) is 0 Å². The van der Waals surface area contributed by atoms with E-state index < -0.39 is 33.6 Å². The fourth-order valence-electron chi connectivity index (χ4n) is 4.31. The SMILES string of the molecule is C=C(C)CS(=O)(=O)[C@H]1OC[C@@H](OCc2ccccc2)[C@H](OCc2ccccc2)[C@@H]1OCc1ccccc1. The zero-order valence-corrected chi connectivity index (χ0v) is 21.9. The topological polar surface area (TPSA) is 71.1 Å². The Bertz CT molecular complexity index is 1210. The van der Waals surface area contributed by atoms with Crippen molar-refractivity contribution in [1.29, 1.82) is 0 Å². The van der Waals surface area contributed by atoms with Gasteiger partial charge in [0.05, 0.1) is 32.2 Å². The first-order chi connectivity index (χ1) is 17.9. The van der Waals surface area contributed by atoms with Gasteiger partial charge in [0.15, 0.2) is 15.3 Å². The van der Waals surface area contributed by atoms with Crippen LogP contribution in [0.15, 0.2) is 103 Å². The molecule has 1 saturated heterocycles. The lowest BCUT2D eigenvalue weighted by Gasteiger charge is -2.41. The molecule has 0 spiro atoms. The van der Waals surface area contributed by atoms with Crippen molar-refractivity contribution >= 4 is 9.84 Å². The molecule has 0 bridgehead atoms. The van der Waals surface area contributed by atoms with E-state index in [2.05, 4.69) is 6.58 Å². The third kappa shape index (κ3) is 7.84. The first-order valence-electron chi connectivity index (χ1n) is 12.4. The van der Waals surface area contributed by atoms with Gasteiger partial charge < -0.3 is 18.9 Å². The highest BCUT2D eigenvalue weighted by Gasteiger charge is 2.48. The van der Waals surface area contributed by atoms with Crippen LogP contribution in [-0.2, 0) is 48.6 Å². The molecule has 0 saturated carbocycles. The van der Waals surface area contributed by atoms with Gasteiger partial charge in [0.1, 0.15) is 18.3 Å². The Balaban J connectivity index is 1.61. The third-order valence-corrected chi connectivity index (χ3v) is 8.07. The van der Waals surface area contributed by atoms with Gasteiger partial charge in [-0.3, -0.25) is 0 Å². The molecule has 196 valence electrons. The first kappa shape index (κ1) is 27.2. The molecule has 0 aliphatic carbocycles. The quantitative estimate of drug-likeness (QED) is 0.309. The average molecular weight is 523 g/mol. The van der Waals surface area contributed by atoms with E-state index >= 15 is 0 Å². The number of benzene rings is 3. The number of ether oxygens (including phenoxy) is 4. The standard InChI is InChI=1S/C30H34O6S/c1-23(2)22-37(31,32)30-29(35-20-26-16-10-5-11-17-26)28(34-19-25-14-8-4-9-15-25)27(21-36-30)33-18-24-12-6-3-7-13-24/h3-17,27-30H,1,18-22H2,2H3/t27-,28+,29+,30-/m1/s1. The summed E-state index contributed by atoms with van der Waals surface area (Å²) in [6.07, 6.45) is -2.10. The largest absolute Gasteiger partial charge is 0.368 e. The van der Waals surface area contributed by atoms with Gasteiger partial charge in [-0.25, -0.2) is 8.42 Å². The molecular formula is C30H34O6S. The van der Waals surface area contributed by atoms with Gasteiger partial charge in [0.25, 0.3) is 0 Å². The minimum Gasteiger partial charge on any atom is -0.368 e. The normalized spacial score (nSPS) is 22.0. The summed E-state index contributed by atoms with van der Waals surface area (Å²) in [6, 6.07) is 29.2. The van der Waals surface area contributed by atoms with Crippen LogP contribution in [0, 0.1) is 0 Å². The molecule has 37 heavy (non-hydrogen) atoms. The number of hydrogen-bond donors (Lipinski definition) is 0. The Morgan fingerprint density at radius 2 is 1.19 bits per heavy atom. The third-order valence-electron chi connectivity index (χ3n) is 6.06. The molecule has 7 heteroatoms. The van der Waals surface area contributed by atoms with Crippen LogP contribution in [0.1, 0.15) is 23.6 Å². The molecule has 0 unspecified atom stereocenters. The van der Waals surface area contributed by atoms with Gasteiger partial charge in [-0.05, 0) is 23.6 Å². The van der Waals surface area contributed by atoms with E-state index in [-0.39, 0.29) is 25.6 Å². The maximum atomic E-state index is 13.4. The lowest BCUT2D eigenvalue weighted by atomic mass is 10.0. The van der Waals surface area contributed by atoms with Crippen molar-refractivity contribution < 1.29 is 27.4 Å². The summed E-state index contributed by atoms with van der Waals surface area (Å²) in [5, 5.41) is 0. The monoisotopic (exact) mass is 522 g/mol. The zero-order chi connectivity index (χ0) is 26.1. The van der Waals surface area contributed by atoms with Crippen LogP contribution >= 0.6 is 0 Å². The molecule has 1 aliphatic heterocycles. The molecule has 3 aromatic carbocycles. The summed E-state index contributed by atoms with van der Waals surface area (Å²) in [7, 11) is -3.72. The van der Waals surface area contributed by atoms with E-state index in [1.165, 1.54) is 0 Å². The molecule has 3 aromatic rings. The van der Waals surface area contributed by atoms with Crippen molar-refractivity contribution in [1.82, 2.24) is 0 Å². The Morgan fingerprint density at radius 3 is 1.65 bits per heavy atom. The van der Waals surface area contributed by atoms with Crippen LogP contribution in [0.2, 0.25) is 0 Å². The minimum atomic E-state index is -3.72. The summed E-state index contributed by atoms with van der Waals surface area (Å²) in [5.41, 5.74) is 2.23. The molecular weight excluding hydrogens is 488 g/mol. The van der Waals surface area contributed by atoms with Crippen molar-refractivity contribution in [2.45, 2.75) is 50.5 Å². The Morgan fingerprint density at radius 1 is 0.757 bits per heavy atom. The van der Waals surface area contributed by atoms with Crippen LogP contribution in [0.4, 0.5) is 0 Å². The van der Waals surface area contributed by atoms with E-state index in [4.69, 9.17) is 18.9 Å². The average Bonchev–Trinajstić information content (AvgIpc) is 2.90. The highest BCUT2D eigenvalue weighted by Crippen LogP contribution is 2.30. The van der Waals surface area contributed by atoms with E-state index in [1.54, 1.807) is 6.92 Å². The van der Waals surface area contributed by atoms with Gasteiger partial charge in [0, 0.05) is 0 Å². The van der Waals surface area contributed by atoms with E-state index in [9.17, 15) is 8.42 Å². The minimum absolute atomic E-state index is 0.0670. The smallest absolute Gasteiger partial charge is 0.187 e. The molecule has 6 nitrogen and oxygen atoms in total. The predicted molar refractivity (Wildman–Crippen MR) is 143 cm³/mol. The Labute approximate surface area is 219 Å². The summed E-state index contributed by atoms with van der Waals surface area (Å²) in [4.78, 5) is 0. The molecule has 0 aromatic heterocycles. The van der Waals surface area contributed by atoms with Gasteiger partial charge >= 0.3 is 0 Å². The van der Waals surface area contributed by atoms with E-state index in [0.29, 0.717) is 12.2 Å². The van der Waals surface area contributed by atoms with Crippen molar-refractivity contribution in [3.05, 3.63) is 120 Å². The van der Waals surface area contributed by atoms with Gasteiger partial charge in [0.2, 0.25) is 0 Å². The van der Waals surface area contributed by atoms with Crippen LogP contribution < -0.4 is 0 Å². The second-order valence-corrected chi connectivity index (χ2v) is 11.4. The van der Waals surface area contributed by atoms with Crippen LogP contribution in [0.3, 0.4) is 0 Å². The highest BCUT2D eigenvalue weighted by atomic mass is 32.2. The molecule has 0 radical (unpaired) electrons. The molecule has 1 aliphatic rings. The lowest BCUT2D eigenvalue weighted by molar-refractivity contribution is -0.221. The number of rotatable bonds is 12. The molecule has 0 amide bonds. The Hall–Kier alpha value is -2.81. The van der Waals surface area contributed by atoms with Crippen molar-refractivity contribution in [3.63, 3.8) is 0 Å². The summed E-state index contributed by atoms with van der Waals surface area (Å²) in [6.45, 7) is 6.39. The van der Waals surface area contributed by atoms with E-state index in [0.717, 1.165) is 16.7 Å². The fourth-order valence-corrected chi connectivity index (χ4v) is 6.09. The summed E-state index contributed by atoms with van der Waals surface area (Å²) in [5.74, 6) is -0.191. The second kappa shape index (κ2) is 13.1. The molecule has 1 heterocycles. The summed E-state index contributed by atoms with van der Waals surface area (Å²) < 4.78 is 51.6. The zero-order valence-electron chi connectivity index (χ0n) is 21.1. The summed E-state index contributed by atoms with van der Waals surface area (Å²) >= 11 is 0. The number of sulfone groups is 1. The molecule has 4 atom stereocenters. The van der Waals surface area contributed by atoms with Crippen molar-refractivity contribution in [3.8, 4) is 0 Å². The number of hydrogen-bond acceptors (Lipinski definition) is 6.